The van der Waals surface area contributed by atoms with E-state index in [0.717, 1.165) is 17.0 Å². The fourth-order valence-corrected chi connectivity index (χ4v) is 9.77. The van der Waals surface area contributed by atoms with Gasteiger partial charge >= 0.3 is 0 Å². The molecule has 2 nitrogen and oxygen atoms in total. The molecule has 0 bridgehead atoms. The van der Waals surface area contributed by atoms with Gasteiger partial charge in [0.15, 0.2) is 0 Å². The van der Waals surface area contributed by atoms with E-state index >= 15 is 0 Å². The van der Waals surface area contributed by atoms with Crippen molar-refractivity contribution in [2.75, 3.05) is 0 Å². The average molecular weight is 679 g/mol. The zero-order chi connectivity index (χ0) is 35.6. The van der Waals surface area contributed by atoms with Gasteiger partial charge in [0, 0.05) is 23.4 Å². The number of pyridine rings is 2. The third-order valence-electron chi connectivity index (χ3n) is 12.0. The molecule has 2 aromatic heterocycles. The molecule has 0 amide bonds. The lowest BCUT2D eigenvalue weighted by Gasteiger charge is -2.47. The maximum absolute atomic E-state index is 5.21. The second kappa shape index (κ2) is 11.8. The fourth-order valence-electron chi connectivity index (χ4n) is 9.77. The molecule has 0 aliphatic heterocycles. The first kappa shape index (κ1) is 31.4. The molecule has 0 fully saturated rings. The van der Waals surface area contributed by atoms with Crippen LogP contribution in [0.15, 0.2) is 194 Å². The van der Waals surface area contributed by atoms with Crippen LogP contribution in [0.2, 0.25) is 0 Å². The second-order valence-corrected chi connectivity index (χ2v) is 14.9. The monoisotopic (exact) mass is 678 g/mol. The van der Waals surface area contributed by atoms with E-state index in [1.54, 1.807) is 0 Å². The largest absolute Gasteiger partial charge is 0.260 e. The Labute approximate surface area is 311 Å². The molecule has 2 heterocycles. The highest BCUT2D eigenvalue weighted by Crippen LogP contribution is 2.59. The van der Waals surface area contributed by atoms with Crippen LogP contribution in [0.4, 0.5) is 0 Å². The van der Waals surface area contributed by atoms with Gasteiger partial charge in [-0.2, -0.15) is 0 Å². The van der Waals surface area contributed by atoms with E-state index < -0.39 is 10.8 Å². The van der Waals surface area contributed by atoms with Crippen LogP contribution >= 0.6 is 0 Å². The fraction of sp³-hybridized carbons (Fsp3) is 0.0980. The van der Waals surface area contributed by atoms with Gasteiger partial charge in [0.1, 0.15) is 0 Å². The molecule has 6 aromatic carbocycles. The quantitative estimate of drug-likeness (QED) is 0.181. The van der Waals surface area contributed by atoms with E-state index in [2.05, 4.69) is 184 Å². The highest BCUT2D eigenvalue weighted by molar-refractivity contribution is 5.87. The summed E-state index contributed by atoms with van der Waals surface area (Å²) in [6, 6.07) is 67.0. The first-order chi connectivity index (χ1) is 26.1. The molecular weight excluding hydrogens is 641 g/mol. The van der Waals surface area contributed by atoms with Gasteiger partial charge in [-0.1, -0.05) is 166 Å². The van der Waals surface area contributed by atoms with Crippen LogP contribution in [-0.4, -0.2) is 9.97 Å². The lowest BCUT2D eigenvalue weighted by Crippen LogP contribution is -2.42. The van der Waals surface area contributed by atoms with E-state index in [1.807, 2.05) is 24.5 Å². The minimum absolute atomic E-state index is 0.195. The maximum Gasteiger partial charge on any atom is 0.0879 e. The van der Waals surface area contributed by atoms with E-state index in [9.17, 15) is 0 Å². The topological polar surface area (TPSA) is 25.8 Å². The van der Waals surface area contributed by atoms with Crippen LogP contribution < -0.4 is 0 Å². The summed E-state index contributed by atoms with van der Waals surface area (Å²) in [5, 5.41) is 0. The Morgan fingerprint density at radius 3 is 1.40 bits per heavy atom. The Bertz CT molecular complexity index is 2560. The first-order valence-corrected chi connectivity index (χ1v) is 18.5. The molecule has 2 heteroatoms. The zero-order valence-corrected chi connectivity index (χ0v) is 29.9. The second-order valence-electron chi connectivity index (χ2n) is 14.9. The lowest BCUT2D eigenvalue weighted by atomic mass is 9.55. The van der Waals surface area contributed by atoms with Crippen molar-refractivity contribution >= 4 is 0 Å². The molecule has 0 atom stereocenters. The van der Waals surface area contributed by atoms with Gasteiger partial charge in [-0.3, -0.25) is 9.97 Å². The Kier molecular flexibility index (Phi) is 7.00. The summed E-state index contributed by atoms with van der Waals surface area (Å²) in [6.07, 6.45) is 3.82. The number of hydrogen-bond donors (Lipinski definition) is 0. The third kappa shape index (κ3) is 4.33. The van der Waals surface area contributed by atoms with Crippen molar-refractivity contribution in [3.63, 3.8) is 0 Å². The molecule has 0 radical (unpaired) electrons. The molecule has 252 valence electrons. The molecular formula is C51H38N2. The van der Waals surface area contributed by atoms with Crippen LogP contribution in [0.3, 0.4) is 0 Å². The average Bonchev–Trinajstić information content (AvgIpc) is 3.53. The van der Waals surface area contributed by atoms with Crippen molar-refractivity contribution in [1.29, 1.82) is 0 Å². The van der Waals surface area contributed by atoms with Gasteiger partial charge in [0.2, 0.25) is 0 Å². The van der Waals surface area contributed by atoms with Gasteiger partial charge in [0.05, 0.1) is 22.2 Å². The van der Waals surface area contributed by atoms with Crippen LogP contribution in [0.25, 0.3) is 22.4 Å². The number of rotatable bonds is 5. The van der Waals surface area contributed by atoms with Gasteiger partial charge in [-0.05, 0) is 91.5 Å². The summed E-state index contributed by atoms with van der Waals surface area (Å²) in [5.74, 6) is 0. The van der Waals surface area contributed by atoms with Crippen molar-refractivity contribution < 1.29 is 0 Å². The summed E-state index contributed by atoms with van der Waals surface area (Å²) in [6.45, 7) is 4.72. The van der Waals surface area contributed by atoms with E-state index in [1.165, 1.54) is 61.2 Å². The molecule has 10 rings (SSSR count). The molecule has 0 saturated carbocycles. The van der Waals surface area contributed by atoms with Crippen molar-refractivity contribution in [3.8, 4) is 22.4 Å². The molecule has 0 saturated heterocycles. The van der Waals surface area contributed by atoms with Crippen LogP contribution in [0.5, 0.6) is 0 Å². The molecule has 2 aliphatic rings. The standard InChI is InChI=1S/C51H38N2/c1-49(2)43-25-7-9-27-45(43)51(48-30-12-14-32-53-48,46-28-10-8-26-44(46)49)38-20-16-19-37(34-38)50(36-18-15-17-35(33-36)47-29-11-13-31-52-47)41-23-5-3-21-39(41)40-22-4-6-24-42(40)50/h3-34H,1-2H3. The number of fused-ring (bicyclic) bond motifs is 5. The Balaban J connectivity index is 1.33. The van der Waals surface area contributed by atoms with E-state index in [-0.39, 0.29) is 5.41 Å². The lowest BCUT2D eigenvalue weighted by molar-refractivity contribution is 0.551. The molecule has 0 spiro atoms. The van der Waals surface area contributed by atoms with Gasteiger partial charge in [0.25, 0.3) is 0 Å². The van der Waals surface area contributed by atoms with E-state index in [0.29, 0.717) is 0 Å². The van der Waals surface area contributed by atoms with Crippen LogP contribution in [-0.2, 0) is 16.2 Å². The first-order valence-electron chi connectivity index (χ1n) is 18.5. The number of benzene rings is 6. The molecule has 2 aliphatic carbocycles. The number of aromatic nitrogens is 2. The van der Waals surface area contributed by atoms with Crippen LogP contribution in [0, 0.1) is 0 Å². The minimum Gasteiger partial charge on any atom is -0.260 e. The molecule has 53 heavy (non-hydrogen) atoms. The van der Waals surface area contributed by atoms with Gasteiger partial charge < -0.3 is 0 Å². The van der Waals surface area contributed by atoms with Crippen molar-refractivity contribution in [3.05, 3.63) is 250 Å². The zero-order valence-electron chi connectivity index (χ0n) is 29.9. The Morgan fingerprint density at radius 2 is 0.830 bits per heavy atom. The third-order valence-corrected chi connectivity index (χ3v) is 12.0. The van der Waals surface area contributed by atoms with Crippen molar-refractivity contribution in [2.24, 2.45) is 0 Å². The highest BCUT2D eigenvalue weighted by Gasteiger charge is 2.51. The van der Waals surface area contributed by atoms with Crippen molar-refractivity contribution in [2.45, 2.75) is 30.1 Å². The predicted octanol–water partition coefficient (Wildman–Crippen LogP) is 11.5. The summed E-state index contributed by atoms with van der Waals surface area (Å²) < 4.78 is 0. The normalized spacial score (nSPS) is 15.4. The molecule has 0 N–H and O–H groups in total. The Morgan fingerprint density at radius 1 is 0.358 bits per heavy atom. The highest BCUT2D eigenvalue weighted by atomic mass is 14.7. The maximum atomic E-state index is 5.21. The van der Waals surface area contributed by atoms with Gasteiger partial charge in [-0.25, -0.2) is 0 Å². The summed E-state index contributed by atoms with van der Waals surface area (Å²) in [7, 11) is 0. The summed E-state index contributed by atoms with van der Waals surface area (Å²) >= 11 is 0. The summed E-state index contributed by atoms with van der Waals surface area (Å²) in [4.78, 5) is 9.98. The number of hydrogen-bond acceptors (Lipinski definition) is 2. The van der Waals surface area contributed by atoms with Crippen LogP contribution in [0.1, 0.15) is 69.6 Å². The SMILES string of the molecule is CC1(C)c2ccccc2C(c2cccc(C3(c4cccc(-c5ccccn5)c4)c4ccccc4-c4ccccc43)c2)(c2ccccn2)c2ccccc21. The summed E-state index contributed by atoms with van der Waals surface area (Å²) in [5.41, 5.74) is 15.6. The number of nitrogens with zero attached hydrogens (tertiary/aromatic N) is 2. The van der Waals surface area contributed by atoms with Gasteiger partial charge in [-0.15, -0.1) is 0 Å². The Hall–Kier alpha value is -6.38. The molecule has 8 aromatic rings. The molecule has 0 unspecified atom stereocenters. The predicted molar refractivity (Wildman–Crippen MR) is 215 cm³/mol. The van der Waals surface area contributed by atoms with E-state index in [4.69, 9.17) is 9.97 Å². The minimum atomic E-state index is -0.658. The smallest absolute Gasteiger partial charge is 0.0879 e. The van der Waals surface area contributed by atoms with Crippen molar-refractivity contribution in [1.82, 2.24) is 9.97 Å².